The number of esters is 1. The van der Waals surface area contributed by atoms with Crippen LogP contribution in [-0.4, -0.2) is 35.5 Å². The third-order valence-corrected chi connectivity index (χ3v) is 1.69. The van der Waals surface area contributed by atoms with Crippen molar-refractivity contribution in [3.05, 3.63) is 0 Å². The molecular formula is C9H15NO3. The van der Waals surface area contributed by atoms with Gasteiger partial charge >= 0.3 is 5.97 Å². The normalized spacial score (nSPS) is 16.8. The second kappa shape index (κ2) is 3.36. The van der Waals surface area contributed by atoms with Crippen molar-refractivity contribution in [2.24, 2.45) is 0 Å². The maximum atomic E-state index is 11.2. The number of carbonyl (C=O) groups excluding carboxylic acids is 2. The average molecular weight is 185 g/mol. The molecule has 4 heteroatoms. The van der Waals surface area contributed by atoms with Crippen LogP contribution in [0.2, 0.25) is 0 Å². The van der Waals surface area contributed by atoms with Gasteiger partial charge in [-0.1, -0.05) is 0 Å². The average Bonchev–Trinajstić information content (AvgIpc) is 1.94. The highest BCUT2D eigenvalue weighted by molar-refractivity contribution is 5.86. The van der Waals surface area contributed by atoms with Crippen LogP contribution < -0.4 is 0 Å². The van der Waals surface area contributed by atoms with Gasteiger partial charge in [-0.3, -0.25) is 9.59 Å². The minimum atomic E-state index is -0.467. The summed E-state index contributed by atoms with van der Waals surface area (Å²) in [7, 11) is 0. The third-order valence-electron chi connectivity index (χ3n) is 1.69. The Hall–Kier alpha value is -1.06. The van der Waals surface area contributed by atoms with Gasteiger partial charge in [0.1, 0.15) is 12.1 Å². The summed E-state index contributed by atoms with van der Waals surface area (Å²) in [6.07, 6.45) is 0.558. The zero-order valence-corrected chi connectivity index (χ0v) is 8.29. The van der Waals surface area contributed by atoms with E-state index in [2.05, 4.69) is 0 Å². The van der Waals surface area contributed by atoms with Crippen LogP contribution in [0.25, 0.3) is 0 Å². The van der Waals surface area contributed by atoms with Crippen LogP contribution in [0, 0.1) is 0 Å². The summed E-state index contributed by atoms with van der Waals surface area (Å²) in [5, 5.41) is 0. The van der Waals surface area contributed by atoms with Gasteiger partial charge in [-0.15, -0.1) is 0 Å². The SMILES string of the molecule is CC(C)(C)OC(=O)CN1CCC1=O. The van der Waals surface area contributed by atoms with Gasteiger partial charge in [0.05, 0.1) is 0 Å². The van der Waals surface area contributed by atoms with Crippen LogP contribution in [0.1, 0.15) is 27.2 Å². The number of rotatable bonds is 2. The summed E-state index contributed by atoms with van der Waals surface area (Å²) in [5.41, 5.74) is -0.467. The molecule has 1 aliphatic rings. The van der Waals surface area contributed by atoms with E-state index in [0.717, 1.165) is 0 Å². The molecule has 0 atom stereocenters. The molecule has 1 rings (SSSR count). The molecule has 0 N–H and O–H groups in total. The number of likely N-dealkylation sites (tertiary alicyclic amines) is 1. The van der Waals surface area contributed by atoms with Gasteiger partial charge in [0.25, 0.3) is 0 Å². The summed E-state index contributed by atoms with van der Waals surface area (Å²) >= 11 is 0. The molecule has 0 spiro atoms. The van der Waals surface area contributed by atoms with E-state index in [-0.39, 0.29) is 18.4 Å². The maximum absolute atomic E-state index is 11.2. The summed E-state index contributed by atoms with van der Waals surface area (Å²) in [6.45, 7) is 6.20. The molecule has 1 amide bonds. The summed E-state index contributed by atoms with van der Waals surface area (Å²) < 4.78 is 5.06. The van der Waals surface area contributed by atoms with Crippen LogP contribution >= 0.6 is 0 Å². The third kappa shape index (κ3) is 3.05. The van der Waals surface area contributed by atoms with E-state index in [1.165, 1.54) is 4.90 Å². The van der Waals surface area contributed by atoms with E-state index in [1.807, 2.05) is 20.8 Å². The number of ether oxygens (including phenoxy) is 1. The Morgan fingerprint density at radius 1 is 1.54 bits per heavy atom. The molecule has 1 aliphatic heterocycles. The Morgan fingerprint density at radius 3 is 2.46 bits per heavy atom. The minimum absolute atomic E-state index is 0.0332. The predicted octanol–water partition coefficient (Wildman–Crippen LogP) is 0.560. The first-order valence-electron chi connectivity index (χ1n) is 4.38. The second-order valence-electron chi connectivity index (χ2n) is 4.15. The molecule has 0 radical (unpaired) electrons. The first-order valence-corrected chi connectivity index (χ1v) is 4.38. The van der Waals surface area contributed by atoms with E-state index in [4.69, 9.17) is 4.74 Å². The Bertz CT molecular complexity index is 230. The first kappa shape index (κ1) is 10.0. The lowest BCUT2D eigenvalue weighted by atomic mass is 10.2. The number of amides is 1. The lowest BCUT2D eigenvalue weighted by Gasteiger charge is -2.30. The Labute approximate surface area is 77.8 Å². The number of hydrogen-bond donors (Lipinski definition) is 0. The standard InChI is InChI=1S/C9H15NO3/c1-9(2,3)13-8(12)6-10-5-4-7(10)11/h4-6H2,1-3H3. The van der Waals surface area contributed by atoms with Crippen molar-refractivity contribution >= 4 is 11.9 Å². The fourth-order valence-electron chi connectivity index (χ4n) is 1.06. The van der Waals surface area contributed by atoms with Gasteiger partial charge in [0.2, 0.25) is 5.91 Å². The number of carbonyl (C=O) groups is 2. The van der Waals surface area contributed by atoms with Crippen molar-refractivity contribution in [2.75, 3.05) is 13.1 Å². The molecule has 0 unspecified atom stereocenters. The van der Waals surface area contributed by atoms with Crippen molar-refractivity contribution in [2.45, 2.75) is 32.8 Å². The van der Waals surface area contributed by atoms with Crippen LogP contribution in [0.4, 0.5) is 0 Å². The fourth-order valence-corrected chi connectivity index (χ4v) is 1.06. The quantitative estimate of drug-likeness (QED) is 0.466. The van der Waals surface area contributed by atoms with Gasteiger partial charge in [0, 0.05) is 13.0 Å². The largest absolute Gasteiger partial charge is 0.459 e. The minimum Gasteiger partial charge on any atom is -0.459 e. The summed E-state index contributed by atoms with van der Waals surface area (Å²) in [5.74, 6) is -0.300. The highest BCUT2D eigenvalue weighted by Gasteiger charge is 2.27. The molecule has 0 aromatic heterocycles. The predicted molar refractivity (Wildman–Crippen MR) is 47.0 cm³/mol. The smallest absolute Gasteiger partial charge is 0.326 e. The molecule has 0 saturated carbocycles. The van der Waals surface area contributed by atoms with Gasteiger partial charge in [-0.2, -0.15) is 0 Å². The fraction of sp³-hybridized carbons (Fsp3) is 0.778. The van der Waals surface area contributed by atoms with Gasteiger partial charge in [-0.05, 0) is 20.8 Å². The van der Waals surface area contributed by atoms with Crippen molar-refractivity contribution in [1.82, 2.24) is 4.90 Å². The lowest BCUT2D eigenvalue weighted by Crippen LogP contribution is -2.47. The molecule has 0 bridgehead atoms. The molecule has 13 heavy (non-hydrogen) atoms. The van der Waals surface area contributed by atoms with Gasteiger partial charge in [0.15, 0.2) is 0 Å². The number of β-lactam (4-membered cyclic amide) rings is 1. The van der Waals surface area contributed by atoms with E-state index >= 15 is 0 Å². The molecule has 74 valence electrons. The lowest BCUT2D eigenvalue weighted by molar-refractivity contribution is -0.161. The van der Waals surface area contributed by atoms with E-state index in [1.54, 1.807) is 0 Å². The first-order chi connectivity index (χ1) is 5.88. The summed E-state index contributed by atoms with van der Waals surface area (Å²) in [4.78, 5) is 23.5. The molecule has 0 aromatic carbocycles. The van der Waals surface area contributed by atoms with Crippen molar-refractivity contribution < 1.29 is 14.3 Å². The molecule has 1 heterocycles. The van der Waals surface area contributed by atoms with Crippen LogP contribution in [-0.2, 0) is 14.3 Å². The Kier molecular flexibility index (Phi) is 2.59. The molecule has 1 saturated heterocycles. The number of hydrogen-bond acceptors (Lipinski definition) is 3. The molecule has 0 aromatic rings. The highest BCUT2D eigenvalue weighted by atomic mass is 16.6. The van der Waals surface area contributed by atoms with E-state index in [0.29, 0.717) is 13.0 Å². The van der Waals surface area contributed by atoms with Gasteiger partial charge < -0.3 is 9.64 Å². The van der Waals surface area contributed by atoms with Crippen molar-refractivity contribution in [3.63, 3.8) is 0 Å². The topological polar surface area (TPSA) is 46.6 Å². The molecule has 0 aliphatic carbocycles. The highest BCUT2D eigenvalue weighted by Crippen LogP contribution is 2.11. The maximum Gasteiger partial charge on any atom is 0.326 e. The van der Waals surface area contributed by atoms with Crippen LogP contribution in [0.5, 0.6) is 0 Å². The molecule has 1 fully saturated rings. The summed E-state index contributed by atoms with van der Waals surface area (Å²) in [6, 6.07) is 0. The van der Waals surface area contributed by atoms with Crippen LogP contribution in [0.3, 0.4) is 0 Å². The molecule has 4 nitrogen and oxygen atoms in total. The molecular weight excluding hydrogens is 170 g/mol. The Morgan fingerprint density at radius 2 is 2.15 bits per heavy atom. The van der Waals surface area contributed by atoms with Gasteiger partial charge in [-0.25, -0.2) is 0 Å². The Balaban J connectivity index is 2.29. The monoisotopic (exact) mass is 185 g/mol. The zero-order chi connectivity index (χ0) is 10.1. The van der Waals surface area contributed by atoms with Crippen molar-refractivity contribution in [1.29, 1.82) is 0 Å². The zero-order valence-electron chi connectivity index (χ0n) is 8.29. The second-order valence-corrected chi connectivity index (χ2v) is 4.15. The van der Waals surface area contributed by atoms with Crippen LogP contribution in [0.15, 0.2) is 0 Å². The number of nitrogens with zero attached hydrogens (tertiary/aromatic N) is 1. The van der Waals surface area contributed by atoms with Crippen molar-refractivity contribution in [3.8, 4) is 0 Å². The van der Waals surface area contributed by atoms with E-state index < -0.39 is 5.60 Å². The van der Waals surface area contributed by atoms with E-state index in [9.17, 15) is 9.59 Å².